The molecular weight excluding hydrogens is 326 g/mol. The van der Waals surface area contributed by atoms with Gasteiger partial charge in [-0.1, -0.05) is 30.3 Å². The van der Waals surface area contributed by atoms with Crippen molar-refractivity contribution in [3.8, 4) is 17.2 Å². The lowest BCUT2D eigenvalue weighted by molar-refractivity contribution is 0.602. The molecule has 0 unspecified atom stereocenters. The summed E-state index contributed by atoms with van der Waals surface area (Å²) >= 11 is 3.31. The van der Waals surface area contributed by atoms with Crippen molar-refractivity contribution in [2.45, 2.75) is 4.90 Å². The molecule has 0 aliphatic carbocycles. The molecule has 2 aromatic carbocycles. The van der Waals surface area contributed by atoms with Crippen LogP contribution in [0.4, 0.5) is 0 Å². The molecule has 0 aliphatic rings. The first-order chi connectivity index (χ1) is 8.95. The zero-order chi connectivity index (χ0) is 14.0. The van der Waals surface area contributed by atoms with Crippen molar-refractivity contribution in [2.75, 3.05) is 6.26 Å². The van der Waals surface area contributed by atoms with Crippen LogP contribution in [-0.2, 0) is 9.84 Å². The van der Waals surface area contributed by atoms with E-state index in [1.54, 1.807) is 42.5 Å². The molecule has 0 N–H and O–H groups in total. The molecule has 19 heavy (non-hydrogen) atoms. The third-order valence-corrected chi connectivity index (χ3v) is 4.52. The SMILES string of the molecule is CS(=O)(=O)c1ccccc1-c1cccc(Br)c1C#N. The van der Waals surface area contributed by atoms with Crippen LogP contribution >= 0.6 is 15.9 Å². The number of hydrogen-bond donors (Lipinski definition) is 0. The highest BCUT2D eigenvalue weighted by Gasteiger charge is 2.17. The van der Waals surface area contributed by atoms with E-state index in [-0.39, 0.29) is 4.90 Å². The van der Waals surface area contributed by atoms with E-state index in [4.69, 9.17) is 0 Å². The Morgan fingerprint density at radius 2 is 1.68 bits per heavy atom. The van der Waals surface area contributed by atoms with E-state index in [9.17, 15) is 13.7 Å². The molecule has 0 saturated heterocycles. The second-order valence-electron chi connectivity index (χ2n) is 4.04. The average molecular weight is 336 g/mol. The largest absolute Gasteiger partial charge is 0.224 e. The van der Waals surface area contributed by atoms with Crippen molar-refractivity contribution in [2.24, 2.45) is 0 Å². The first-order valence-electron chi connectivity index (χ1n) is 5.43. The summed E-state index contributed by atoms with van der Waals surface area (Å²) < 4.78 is 24.3. The Morgan fingerprint density at radius 3 is 2.32 bits per heavy atom. The average Bonchev–Trinajstić information content (AvgIpc) is 2.37. The molecule has 0 bridgehead atoms. The summed E-state index contributed by atoms with van der Waals surface area (Å²) in [7, 11) is -3.34. The quantitative estimate of drug-likeness (QED) is 0.845. The maximum atomic E-state index is 11.8. The van der Waals surface area contributed by atoms with Crippen molar-refractivity contribution >= 4 is 25.8 Å². The molecule has 0 aliphatic heterocycles. The number of halogens is 1. The summed E-state index contributed by atoms with van der Waals surface area (Å²) in [6, 6.07) is 14.1. The van der Waals surface area contributed by atoms with E-state index in [1.165, 1.54) is 0 Å². The number of rotatable bonds is 2. The topological polar surface area (TPSA) is 57.9 Å². The van der Waals surface area contributed by atoms with Gasteiger partial charge in [-0.25, -0.2) is 8.42 Å². The van der Waals surface area contributed by atoms with Crippen molar-refractivity contribution in [3.05, 3.63) is 52.5 Å². The monoisotopic (exact) mass is 335 g/mol. The van der Waals surface area contributed by atoms with Gasteiger partial charge in [0.15, 0.2) is 9.84 Å². The van der Waals surface area contributed by atoms with Gasteiger partial charge in [0, 0.05) is 21.9 Å². The van der Waals surface area contributed by atoms with E-state index in [0.717, 1.165) is 6.26 Å². The minimum absolute atomic E-state index is 0.226. The first kappa shape index (κ1) is 13.8. The van der Waals surface area contributed by atoms with E-state index in [2.05, 4.69) is 22.0 Å². The predicted octanol–water partition coefficient (Wildman–Crippen LogP) is 3.39. The zero-order valence-corrected chi connectivity index (χ0v) is 12.5. The summed E-state index contributed by atoms with van der Waals surface area (Å²) in [6.45, 7) is 0. The normalized spacial score (nSPS) is 11.0. The van der Waals surface area contributed by atoms with Crippen LogP contribution in [0.1, 0.15) is 5.56 Å². The Bertz CT molecular complexity index is 776. The summed E-state index contributed by atoms with van der Waals surface area (Å²) in [5, 5.41) is 9.22. The van der Waals surface area contributed by atoms with Crippen molar-refractivity contribution in [1.29, 1.82) is 5.26 Å². The third-order valence-electron chi connectivity index (χ3n) is 2.70. The van der Waals surface area contributed by atoms with Gasteiger partial charge in [0.25, 0.3) is 0 Å². The van der Waals surface area contributed by atoms with Gasteiger partial charge < -0.3 is 0 Å². The smallest absolute Gasteiger partial charge is 0.176 e. The van der Waals surface area contributed by atoms with Gasteiger partial charge in [-0.2, -0.15) is 5.26 Å². The number of sulfone groups is 1. The summed E-state index contributed by atoms with van der Waals surface area (Å²) in [4.78, 5) is 0.226. The highest BCUT2D eigenvalue weighted by Crippen LogP contribution is 2.32. The van der Waals surface area contributed by atoms with Crippen LogP contribution in [0.5, 0.6) is 0 Å². The van der Waals surface area contributed by atoms with Gasteiger partial charge in [-0.15, -0.1) is 0 Å². The Hall–Kier alpha value is -1.64. The molecule has 5 heteroatoms. The Labute approximate surface area is 120 Å². The molecule has 0 aromatic heterocycles. The first-order valence-corrected chi connectivity index (χ1v) is 8.11. The van der Waals surface area contributed by atoms with E-state index < -0.39 is 9.84 Å². The molecule has 0 amide bonds. The van der Waals surface area contributed by atoms with Gasteiger partial charge in [0.2, 0.25) is 0 Å². The Balaban J connectivity index is 2.82. The zero-order valence-electron chi connectivity index (χ0n) is 10.1. The Kier molecular flexibility index (Phi) is 3.74. The molecule has 0 radical (unpaired) electrons. The van der Waals surface area contributed by atoms with E-state index >= 15 is 0 Å². The molecule has 0 spiro atoms. The van der Waals surface area contributed by atoms with Gasteiger partial charge in [0.05, 0.1) is 10.5 Å². The summed E-state index contributed by atoms with van der Waals surface area (Å²) in [5.74, 6) is 0. The highest BCUT2D eigenvalue weighted by atomic mass is 79.9. The van der Waals surface area contributed by atoms with Gasteiger partial charge >= 0.3 is 0 Å². The predicted molar refractivity (Wildman–Crippen MR) is 77.4 cm³/mol. The van der Waals surface area contributed by atoms with Crippen molar-refractivity contribution in [1.82, 2.24) is 0 Å². The summed E-state index contributed by atoms with van der Waals surface area (Å²) in [6.07, 6.45) is 1.16. The fourth-order valence-electron chi connectivity index (χ4n) is 1.87. The van der Waals surface area contributed by atoms with Crippen LogP contribution in [0.15, 0.2) is 51.8 Å². The molecule has 0 fully saturated rings. The second kappa shape index (κ2) is 5.16. The van der Waals surface area contributed by atoms with Crippen LogP contribution < -0.4 is 0 Å². The van der Waals surface area contributed by atoms with E-state index in [0.29, 0.717) is 21.2 Å². The van der Waals surface area contributed by atoms with Crippen LogP contribution in [0.3, 0.4) is 0 Å². The molecule has 3 nitrogen and oxygen atoms in total. The molecule has 0 atom stereocenters. The molecule has 0 saturated carbocycles. The summed E-state index contributed by atoms with van der Waals surface area (Å²) in [5.41, 5.74) is 1.58. The number of nitriles is 1. The second-order valence-corrected chi connectivity index (χ2v) is 6.88. The van der Waals surface area contributed by atoms with Crippen molar-refractivity contribution in [3.63, 3.8) is 0 Å². The van der Waals surface area contributed by atoms with Crippen LogP contribution in [0, 0.1) is 11.3 Å². The molecule has 96 valence electrons. The third kappa shape index (κ3) is 2.70. The number of hydrogen-bond acceptors (Lipinski definition) is 3. The van der Waals surface area contributed by atoms with Crippen LogP contribution in [0.25, 0.3) is 11.1 Å². The maximum absolute atomic E-state index is 11.8. The van der Waals surface area contributed by atoms with Gasteiger partial charge in [0.1, 0.15) is 6.07 Å². The number of nitrogens with zero attached hydrogens (tertiary/aromatic N) is 1. The Morgan fingerprint density at radius 1 is 1.05 bits per heavy atom. The molecule has 2 aromatic rings. The maximum Gasteiger partial charge on any atom is 0.176 e. The van der Waals surface area contributed by atoms with Gasteiger partial charge in [-0.3, -0.25) is 0 Å². The van der Waals surface area contributed by atoms with Gasteiger partial charge in [-0.05, 0) is 28.1 Å². The lowest BCUT2D eigenvalue weighted by atomic mass is 10.0. The van der Waals surface area contributed by atoms with Crippen LogP contribution in [0.2, 0.25) is 0 Å². The number of benzene rings is 2. The van der Waals surface area contributed by atoms with Crippen molar-refractivity contribution < 1.29 is 8.42 Å². The highest BCUT2D eigenvalue weighted by molar-refractivity contribution is 9.10. The minimum atomic E-state index is -3.34. The lowest BCUT2D eigenvalue weighted by Gasteiger charge is -2.10. The fourth-order valence-corrected chi connectivity index (χ4v) is 3.23. The molecular formula is C14H10BrNO2S. The molecule has 0 heterocycles. The molecule has 2 rings (SSSR count). The minimum Gasteiger partial charge on any atom is -0.224 e. The van der Waals surface area contributed by atoms with E-state index in [1.807, 2.05) is 0 Å². The standard InChI is InChI=1S/C14H10BrNO2S/c1-19(17,18)14-8-3-2-5-11(14)10-6-4-7-13(15)12(10)9-16/h2-8H,1H3. The lowest BCUT2D eigenvalue weighted by Crippen LogP contribution is -2.00. The fraction of sp³-hybridized carbons (Fsp3) is 0.0714. The van der Waals surface area contributed by atoms with Crippen LogP contribution in [-0.4, -0.2) is 14.7 Å².